The minimum atomic E-state index is -3.44. The van der Waals surface area contributed by atoms with Gasteiger partial charge in [-0.25, -0.2) is 8.42 Å². The van der Waals surface area contributed by atoms with Crippen LogP contribution < -0.4 is 10.5 Å². The number of hydrogen-bond acceptors (Lipinski definition) is 4. The number of sulfonamides is 1. The number of nitrogens with zero attached hydrogens (tertiary/aromatic N) is 1. The van der Waals surface area contributed by atoms with Crippen molar-refractivity contribution < 1.29 is 13.2 Å². The fourth-order valence-electron chi connectivity index (χ4n) is 1.94. The van der Waals surface area contributed by atoms with E-state index >= 15 is 0 Å². The largest absolute Gasteiger partial charge is 0.342 e. The summed E-state index contributed by atoms with van der Waals surface area (Å²) in [5.41, 5.74) is 6.60. The maximum Gasteiger partial charge on any atom is 0.255 e. The summed E-state index contributed by atoms with van der Waals surface area (Å²) in [7, 11) is -1.75. The monoisotopic (exact) mass is 363 g/mol. The third-order valence-electron chi connectivity index (χ3n) is 3.45. The van der Waals surface area contributed by atoms with Gasteiger partial charge in [-0.1, -0.05) is 26.0 Å². The van der Waals surface area contributed by atoms with Gasteiger partial charge in [0.05, 0.1) is 17.5 Å². The van der Waals surface area contributed by atoms with Gasteiger partial charge in [0.25, 0.3) is 5.91 Å². The second-order valence-corrected chi connectivity index (χ2v) is 7.59. The van der Waals surface area contributed by atoms with E-state index in [2.05, 4.69) is 4.72 Å². The van der Waals surface area contributed by atoms with Crippen LogP contribution in [0.2, 0.25) is 0 Å². The van der Waals surface area contributed by atoms with E-state index in [1.54, 1.807) is 36.2 Å². The number of carbonyl (C=O) groups is 1. The molecule has 6 nitrogen and oxygen atoms in total. The van der Waals surface area contributed by atoms with Gasteiger partial charge >= 0.3 is 0 Å². The number of para-hydroxylation sites is 1. The Bertz CT molecular complexity index is 620. The first-order valence-corrected chi connectivity index (χ1v) is 9.09. The van der Waals surface area contributed by atoms with Crippen molar-refractivity contribution in [3.63, 3.8) is 0 Å². The molecule has 0 fully saturated rings. The summed E-state index contributed by atoms with van der Waals surface area (Å²) >= 11 is 0. The van der Waals surface area contributed by atoms with Gasteiger partial charge < -0.3 is 10.6 Å². The highest BCUT2D eigenvalue weighted by molar-refractivity contribution is 7.92. The predicted octanol–water partition coefficient (Wildman–Crippen LogP) is 1.93. The van der Waals surface area contributed by atoms with Crippen LogP contribution in [0.5, 0.6) is 0 Å². The average molecular weight is 364 g/mol. The molecule has 1 rings (SSSR count). The summed E-state index contributed by atoms with van der Waals surface area (Å²) in [4.78, 5) is 14.0. The van der Waals surface area contributed by atoms with Crippen molar-refractivity contribution in [1.82, 2.24) is 4.90 Å². The molecular weight excluding hydrogens is 338 g/mol. The summed E-state index contributed by atoms with van der Waals surface area (Å²) in [6, 6.07) is 6.59. The molecular formula is C15H26ClN3O3S. The minimum absolute atomic E-state index is 0. The second-order valence-electron chi connectivity index (χ2n) is 5.84. The fourth-order valence-corrected chi connectivity index (χ4v) is 2.52. The molecule has 1 unspecified atom stereocenters. The molecule has 1 atom stereocenters. The summed E-state index contributed by atoms with van der Waals surface area (Å²) in [6.45, 7) is 4.60. The first-order valence-electron chi connectivity index (χ1n) is 7.19. The lowest BCUT2D eigenvalue weighted by Crippen LogP contribution is -2.35. The molecule has 1 aromatic rings. The van der Waals surface area contributed by atoms with Gasteiger partial charge in [0.15, 0.2) is 0 Å². The van der Waals surface area contributed by atoms with Crippen molar-refractivity contribution in [3.05, 3.63) is 29.8 Å². The molecule has 0 aliphatic carbocycles. The third-order valence-corrected chi connectivity index (χ3v) is 4.04. The van der Waals surface area contributed by atoms with Gasteiger partial charge in [0.2, 0.25) is 10.0 Å². The Hall–Kier alpha value is -1.31. The fraction of sp³-hybridized carbons (Fsp3) is 0.533. The molecule has 0 heterocycles. The Labute approximate surface area is 144 Å². The number of rotatable bonds is 7. The number of carbonyl (C=O) groups excluding carboxylic acids is 1. The SMILES string of the molecule is CC(C)C(N)CCN(C)C(=O)c1ccccc1NS(C)(=O)=O.Cl. The highest BCUT2D eigenvalue weighted by atomic mass is 35.5. The Morgan fingerprint density at radius 2 is 1.87 bits per heavy atom. The molecule has 0 radical (unpaired) electrons. The Morgan fingerprint density at radius 3 is 2.39 bits per heavy atom. The molecule has 0 aliphatic rings. The lowest BCUT2D eigenvalue weighted by Gasteiger charge is -2.22. The minimum Gasteiger partial charge on any atom is -0.342 e. The van der Waals surface area contributed by atoms with Crippen LogP contribution in [0.3, 0.4) is 0 Å². The normalized spacial score (nSPS) is 12.4. The van der Waals surface area contributed by atoms with Crippen molar-refractivity contribution in [2.45, 2.75) is 26.3 Å². The van der Waals surface area contributed by atoms with E-state index in [0.717, 1.165) is 6.26 Å². The molecule has 0 aromatic heterocycles. The standard InChI is InChI=1S/C15H25N3O3S.ClH/c1-11(2)13(16)9-10-18(3)15(19)12-7-5-6-8-14(12)17-22(4,20)21;/h5-8,11,13,17H,9-10,16H2,1-4H3;1H. The molecule has 0 saturated carbocycles. The predicted molar refractivity (Wildman–Crippen MR) is 96.5 cm³/mol. The van der Waals surface area contributed by atoms with E-state index in [4.69, 9.17) is 5.73 Å². The molecule has 132 valence electrons. The summed E-state index contributed by atoms with van der Waals surface area (Å²) in [5, 5.41) is 0. The van der Waals surface area contributed by atoms with Gasteiger partial charge in [0.1, 0.15) is 0 Å². The van der Waals surface area contributed by atoms with Crippen LogP contribution in [0.25, 0.3) is 0 Å². The van der Waals surface area contributed by atoms with Crippen molar-refractivity contribution in [1.29, 1.82) is 0 Å². The number of halogens is 1. The van der Waals surface area contributed by atoms with E-state index in [0.29, 0.717) is 24.4 Å². The topological polar surface area (TPSA) is 92.5 Å². The number of hydrogen-bond donors (Lipinski definition) is 2. The molecule has 0 aliphatic heterocycles. The second kappa shape index (κ2) is 9.10. The van der Waals surface area contributed by atoms with Crippen molar-refractivity contribution in [2.75, 3.05) is 24.6 Å². The average Bonchev–Trinajstić information content (AvgIpc) is 2.42. The van der Waals surface area contributed by atoms with E-state index in [1.165, 1.54) is 0 Å². The number of benzene rings is 1. The van der Waals surface area contributed by atoms with Gasteiger partial charge in [0, 0.05) is 19.6 Å². The molecule has 3 N–H and O–H groups in total. The van der Waals surface area contributed by atoms with E-state index in [1.807, 2.05) is 13.8 Å². The number of amides is 1. The Balaban J connectivity index is 0.00000484. The van der Waals surface area contributed by atoms with E-state index in [-0.39, 0.29) is 30.0 Å². The highest BCUT2D eigenvalue weighted by Crippen LogP contribution is 2.18. The van der Waals surface area contributed by atoms with Crippen LogP contribution in [0.1, 0.15) is 30.6 Å². The zero-order valence-corrected chi connectivity index (χ0v) is 15.6. The van der Waals surface area contributed by atoms with Crippen LogP contribution in [0.4, 0.5) is 5.69 Å². The molecule has 23 heavy (non-hydrogen) atoms. The summed E-state index contributed by atoms with van der Waals surface area (Å²) in [5.74, 6) is 0.116. The van der Waals surface area contributed by atoms with Crippen molar-refractivity contribution >= 4 is 34.0 Å². The van der Waals surface area contributed by atoms with Crippen molar-refractivity contribution in [3.8, 4) is 0 Å². The van der Waals surface area contributed by atoms with E-state index in [9.17, 15) is 13.2 Å². The molecule has 0 bridgehead atoms. The first-order chi connectivity index (χ1) is 10.1. The maximum atomic E-state index is 12.5. The molecule has 1 amide bonds. The maximum absolute atomic E-state index is 12.5. The van der Waals surface area contributed by atoms with Gasteiger partial charge in [-0.2, -0.15) is 0 Å². The van der Waals surface area contributed by atoms with Crippen LogP contribution >= 0.6 is 12.4 Å². The Kier molecular flexibility index (Phi) is 8.58. The number of anilines is 1. The zero-order chi connectivity index (χ0) is 16.9. The van der Waals surface area contributed by atoms with Crippen LogP contribution in [0.15, 0.2) is 24.3 Å². The van der Waals surface area contributed by atoms with Gasteiger partial charge in [-0.3, -0.25) is 9.52 Å². The van der Waals surface area contributed by atoms with Crippen LogP contribution in [-0.4, -0.2) is 45.1 Å². The van der Waals surface area contributed by atoms with E-state index < -0.39 is 10.0 Å². The lowest BCUT2D eigenvalue weighted by atomic mass is 10.0. The molecule has 0 saturated heterocycles. The van der Waals surface area contributed by atoms with Crippen LogP contribution in [0, 0.1) is 5.92 Å². The van der Waals surface area contributed by atoms with Gasteiger partial charge in [-0.05, 0) is 24.5 Å². The van der Waals surface area contributed by atoms with Crippen LogP contribution in [-0.2, 0) is 10.0 Å². The highest BCUT2D eigenvalue weighted by Gasteiger charge is 2.18. The third kappa shape index (κ3) is 7.20. The lowest BCUT2D eigenvalue weighted by molar-refractivity contribution is 0.0790. The number of nitrogens with two attached hydrogens (primary N) is 1. The van der Waals surface area contributed by atoms with Crippen molar-refractivity contribution in [2.24, 2.45) is 11.7 Å². The molecule has 0 spiro atoms. The quantitative estimate of drug-likeness (QED) is 0.774. The first kappa shape index (κ1) is 21.7. The summed E-state index contributed by atoms with van der Waals surface area (Å²) < 4.78 is 25.1. The molecule has 8 heteroatoms. The number of nitrogens with one attached hydrogen (secondary N) is 1. The Morgan fingerprint density at radius 1 is 1.30 bits per heavy atom. The zero-order valence-electron chi connectivity index (χ0n) is 13.9. The summed E-state index contributed by atoms with van der Waals surface area (Å²) in [6.07, 6.45) is 1.75. The van der Waals surface area contributed by atoms with Gasteiger partial charge in [-0.15, -0.1) is 12.4 Å². The smallest absolute Gasteiger partial charge is 0.255 e. The molecule has 1 aromatic carbocycles.